The van der Waals surface area contributed by atoms with Crippen molar-refractivity contribution < 1.29 is 9.53 Å². The largest absolute Gasteiger partial charge is 0.385 e. The van der Waals surface area contributed by atoms with Gasteiger partial charge in [0, 0.05) is 32.0 Å². The Morgan fingerprint density at radius 1 is 1.43 bits per heavy atom. The molecule has 0 saturated heterocycles. The average molecular weight is 331 g/mol. The second-order valence-electron chi connectivity index (χ2n) is 4.99. The highest BCUT2D eigenvalue weighted by molar-refractivity contribution is 7.12. The van der Waals surface area contributed by atoms with Crippen molar-refractivity contribution in [3.8, 4) is 11.1 Å². The Bertz CT molecular complexity index is 826. The lowest BCUT2D eigenvalue weighted by Crippen LogP contribution is -2.24. The summed E-state index contributed by atoms with van der Waals surface area (Å²) in [5, 5.41) is 8.92. The van der Waals surface area contributed by atoms with Crippen molar-refractivity contribution in [1.29, 1.82) is 0 Å². The molecule has 3 N–H and O–H groups in total. The van der Waals surface area contributed by atoms with Crippen LogP contribution in [0.3, 0.4) is 0 Å². The number of fused-ring (bicyclic) bond motifs is 1. The zero-order valence-corrected chi connectivity index (χ0v) is 13.5. The summed E-state index contributed by atoms with van der Waals surface area (Å²) in [6, 6.07) is 5.66. The predicted octanol–water partition coefficient (Wildman–Crippen LogP) is 1.81. The molecule has 0 aliphatic carbocycles. The van der Waals surface area contributed by atoms with Gasteiger partial charge in [-0.15, -0.1) is 16.4 Å². The Balaban J connectivity index is 1.73. The quantitative estimate of drug-likeness (QED) is 0.672. The first kappa shape index (κ1) is 15.4. The fraction of sp³-hybridized carbons (Fsp3) is 0.267. The molecule has 0 radical (unpaired) electrons. The third-order valence-corrected chi connectivity index (χ3v) is 4.24. The summed E-state index contributed by atoms with van der Waals surface area (Å²) in [7, 11) is 1.65. The van der Waals surface area contributed by atoms with Crippen molar-refractivity contribution in [2.45, 2.75) is 6.42 Å². The van der Waals surface area contributed by atoms with Crippen LogP contribution in [0.2, 0.25) is 0 Å². The maximum atomic E-state index is 12.1. The van der Waals surface area contributed by atoms with Gasteiger partial charge in [0.25, 0.3) is 5.91 Å². The zero-order chi connectivity index (χ0) is 16.2. The summed E-state index contributed by atoms with van der Waals surface area (Å²) in [6.45, 7) is 1.24. The van der Waals surface area contributed by atoms with Crippen LogP contribution in [0.4, 0.5) is 5.95 Å². The fourth-order valence-corrected chi connectivity index (χ4v) is 3.02. The van der Waals surface area contributed by atoms with Gasteiger partial charge >= 0.3 is 0 Å². The number of carbonyl (C=O) groups excluding carboxylic acids is 1. The van der Waals surface area contributed by atoms with E-state index in [1.54, 1.807) is 11.6 Å². The van der Waals surface area contributed by atoms with E-state index in [1.807, 2.05) is 29.8 Å². The topological polar surface area (TPSA) is 94.5 Å². The van der Waals surface area contributed by atoms with Gasteiger partial charge in [0.05, 0.1) is 4.88 Å². The van der Waals surface area contributed by atoms with E-state index < -0.39 is 0 Å². The molecule has 0 aliphatic heterocycles. The molecule has 0 unspecified atom stereocenters. The standard InChI is InChI=1S/C15H17N5O2S/c1-22-6-2-5-17-14(21)12-7-11(9-23-12)10-3-4-13-18-15(16)19-20(13)8-10/h3-4,7-9H,2,5-6H2,1H3,(H2,16,19)(H,17,21). The second-order valence-corrected chi connectivity index (χ2v) is 5.90. The van der Waals surface area contributed by atoms with E-state index in [-0.39, 0.29) is 11.9 Å². The molecule has 8 heteroatoms. The van der Waals surface area contributed by atoms with Gasteiger partial charge in [-0.25, -0.2) is 4.52 Å². The molecule has 7 nitrogen and oxygen atoms in total. The van der Waals surface area contributed by atoms with Crippen molar-refractivity contribution in [2.75, 3.05) is 26.0 Å². The Morgan fingerprint density at radius 2 is 2.30 bits per heavy atom. The summed E-state index contributed by atoms with van der Waals surface area (Å²) < 4.78 is 6.59. The maximum absolute atomic E-state index is 12.1. The lowest BCUT2D eigenvalue weighted by Gasteiger charge is -2.02. The Morgan fingerprint density at radius 3 is 3.13 bits per heavy atom. The van der Waals surface area contributed by atoms with Crippen molar-refractivity contribution in [3.63, 3.8) is 0 Å². The molecule has 0 saturated carbocycles. The molecule has 3 aromatic rings. The number of carbonyl (C=O) groups is 1. The molecule has 23 heavy (non-hydrogen) atoms. The number of pyridine rings is 1. The van der Waals surface area contributed by atoms with Crippen molar-refractivity contribution in [1.82, 2.24) is 19.9 Å². The number of hydrogen-bond donors (Lipinski definition) is 2. The number of ether oxygens (including phenoxy) is 1. The minimum absolute atomic E-state index is 0.0663. The number of aromatic nitrogens is 3. The van der Waals surface area contributed by atoms with E-state index in [0.29, 0.717) is 23.7 Å². The normalized spacial score (nSPS) is 11.0. The predicted molar refractivity (Wildman–Crippen MR) is 89.5 cm³/mol. The first-order chi connectivity index (χ1) is 11.2. The molecular formula is C15H17N5O2S. The highest BCUT2D eigenvalue weighted by Crippen LogP contribution is 2.26. The van der Waals surface area contributed by atoms with E-state index in [9.17, 15) is 4.79 Å². The molecule has 120 valence electrons. The molecule has 0 spiro atoms. The number of rotatable bonds is 6. The van der Waals surface area contributed by atoms with Crippen LogP contribution in [-0.2, 0) is 4.74 Å². The van der Waals surface area contributed by atoms with Crippen LogP contribution in [-0.4, -0.2) is 40.8 Å². The highest BCUT2D eigenvalue weighted by atomic mass is 32.1. The maximum Gasteiger partial charge on any atom is 0.261 e. The fourth-order valence-electron chi connectivity index (χ4n) is 2.18. The van der Waals surface area contributed by atoms with E-state index in [4.69, 9.17) is 10.5 Å². The van der Waals surface area contributed by atoms with E-state index in [0.717, 1.165) is 17.5 Å². The smallest absolute Gasteiger partial charge is 0.261 e. The van der Waals surface area contributed by atoms with Gasteiger partial charge in [-0.05, 0) is 35.6 Å². The molecule has 3 aromatic heterocycles. The molecule has 0 aliphatic rings. The summed E-state index contributed by atoms with van der Waals surface area (Å²) in [5.74, 6) is 0.173. The molecule has 3 heterocycles. The number of nitrogen functional groups attached to an aromatic ring is 1. The van der Waals surface area contributed by atoms with Crippen molar-refractivity contribution >= 4 is 28.8 Å². The van der Waals surface area contributed by atoms with Gasteiger partial charge in [-0.2, -0.15) is 4.98 Å². The van der Waals surface area contributed by atoms with Crippen molar-refractivity contribution in [3.05, 3.63) is 34.7 Å². The number of methoxy groups -OCH3 is 1. The summed E-state index contributed by atoms with van der Waals surface area (Å²) in [5.41, 5.74) is 8.20. The number of nitrogens with two attached hydrogens (primary N) is 1. The summed E-state index contributed by atoms with van der Waals surface area (Å²) >= 11 is 1.41. The van der Waals surface area contributed by atoms with Crippen LogP contribution < -0.4 is 11.1 Å². The Labute approximate surface area is 137 Å². The lowest BCUT2D eigenvalue weighted by molar-refractivity contribution is 0.0952. The second kappa shape index (κ2) is 6.76. The number of nitrogens with zero attached hydrogens (tertiary/aromatic N) is 3. The van der Waals surface area contributed by atoms with Gasteiger partial charge in [-0.3, -0.25) is 4.79 Å². The van der Waals surface area contributed by atoms with Gasteiger partial charge in [-0.1, -0.05) is 0 Å². The number of hydrogen-bond acceptors (Lipinski definition) is 6. The number of anilines is 1. The third-order valence-electron chi connectivity index (χ3n) is 3.31. The third kappa shape index (κ3) is 3.49. The molecule has 3 rings (SSSR count). The van der Waals surface area contributed by atoms with Crippen LogP contribution in [0.1, 0.15) is 16.1 Å². The molecule has 0 atom stereocenters. The monoisotopic (exact) mass is 331 g/mol. The number of nitrogens with one attached hydrogen (secondary N) is 1. The van der Waals surface area contributed by atoms with Gasteiger partial charge in [0.1, 0.15) is 0 Å². The Kier molecular flexibility index (Phi) is 4.54. The van der Waals surface area contributed by atoms with Gasteiger partial charge in [0.15, 0.2) is 5.65 Å². The van der Waals surface area contributed by atoms with Crippen LogP contribution in [0.5, 0.6) is 0 Å². The Hall–Kier alpha value is -2.45. The van der Waals surface area contributed by atoms with E-state index >= 15 is 0 Å². The van der Waals surface area contributed by atoms with Crippen molar-refractivity contribution in [2.24, 2.45) is 0 Å². The van der Waals surface area contributed by atoms with Crippen LogP contribution >= 0.6 is 11.3 Å². The van der Waals surface area contributed by atoms with E-state index in [1.165, 1.54) is 11.3 Å². The molecule has 0 bridgehead atoms. The minimum atomic E-state index is -0.0663. The number of thiophene rings is 1. The highest BCUT2D eigenvalue weighted by Gasteiger charge is 2.10. The average Bonchev–Trinajstić information content (AvgIpc) is 3.16. The van der Waals surface area contributed by atoms with Gasteiger partial charge < -0.3 is 15.8 Å². The molecule has 0 fully saturated rings. The molecule has 0 aromatic carbocycles. The molecule has 1 amide bonds. The van der Waals surface area contributed by atoms with E-state index in [2.05, 4.69) is 15.4 Å². The minimum Gasteiger partial charge on any atom is -0.385 e. The first-order valence-corrected chi connectivity index (χ1v) is 8.03. The first-order valence-electron chi connectivity index (χ1n) is 7.15. The number of amides is 1. The van der Waals surface area contributed by atoms with Crippen LogP contribution in [0.15, 0.2) is 29.8 Å². The SMILES string of the molecule is COCCCNC(=O)c1cc(-c2ccc3nc(N)nn3c2)cs1. The van der Waals surface area contributed by atoms with Crippen LogP contribution in [0, 0.1) is 0 Å². The van der Waals surface area contributed by atoms with Crippen LogP contribution in [0.25, 0.3) is 16.8 Å². The summed E-state index contributed by atoms with van der Waals surface area (Å²) in [6.07, 6.45) is 2.64. The molecular weight excluding hydrogens is 314 g/mol. The zero-order valence-electron chi connectivity index (χ0n) is 12.7. The van der Waals surface area contributed by atoms with Gasteiger partial charge in [0.2, 0.25) is 5.95 Å². The lowest BCUT2D eigenvalue weighted by atomic mass is 10.1. The summed E-state index contributed by atoms with van der Waals surface area (Å²) in [4.78, 5) is 16.8.